The second-order valence-corrected chi connectivity index (χ2v) is 6.84. The maximum absolute atomic E-state index is 12.1. The fourth-order valence-electron chi connectivity index (χ4n) is 3.09. The summed E-state index contributed by atoms with van der Waals surface area (Å²) in [6, 6.07) is 22.4. The molecule has 0 heterocycles. The number of benzene rings is 3. The van der Waals surface area contributed by atoms with Gasteiger partial charge in [-0.1, -0.05) is 66.2 Å². The van der Waals surface area contributed by atoms with E-state index >= 15 is 0 Å². The first-order valence-electron chi connectivity index (χ1n) is 8.85. The van der Waals surface area contributed by atoms with E-state index in [9.17, 15) is 4.79 Å². The maximum atomic E-state index is 12.1. The summed E-state index contributed by atoms with van der Waals surface area (Å²) in [6.07, 6.45) is 0.769. The molecule has 3 aromatic carbocycles. The van der Waals surface area contributed by atoms with E-state index in [1.165, 1.54) is 16.3 Å². The second kappa shape index (κ2) is 8.84. The van der Waals surface area contributed by atoms with Gasteiger partial charge in [0, 0.05) is 17.6 Å². The van der Waals surface area contributed by atoms with Crippen LogP contribution in [0.5, 0.6) is 0 Å². The van der Waals surface area contributed by atoms with Crippen molar-refractivity contribution in [1.82, 2.24) is 10.6 Å². The number of carbonyl (C=O) groups excluding carboxylic acids is 1. The molecule has 0 bridgehead atoms. The van der Waals surface area contributed by atoms with Crippen LogP contribution in [0, 0.1) is 0 Å². The molecule has 0 saturated carbocycles. The lowest BCUT2D eigenvalue weighted by molar-refractivity contribution is -0.120. The fourth-order valence-corrected chi connectivity index (χ4v) is 3.30. The summed E-state index contributed by atoms with van der Waals surface area (Å²) in [4.78, 5) is 12.1. The van der Waals surface area contributed by atoms with Crippen molar-refractivity contribution in [3.63, 3.8) is 0 Å². The average Bonchev–Trinajstić information content (AvgIpc) is 2.66. The number of carbonyl (C=O) groups is 1. The van der Waals surface area contributed by atoms with Crippen LogP contribution in [-0.2, 0) is 11.2 Å². The SMILES string of the molecule is C[C@@H](NCC(=O)NCCc1cccc(Cl)c1)c1cccc2ccccc12. The molecule has 2 N–H and O–H groups in total. The maximum Gasteiger partial charge on any atom is 0.233 e. The molecular weight excluding hydrogens is 344 g/mol. The summed E-state index contributed by atoms with van der Waals surface area (Å²) >= 11 is 5.97. The van der Waals surface area contributed by atoms with Crippen molar-refractivity contribution in [3.8, 4) is 0 Å². The van der Waals surface area contributed by atoms with Crippen LogP contribution in [-0.4, -0.2) is 19.0 Å². The summed E-state index contributed by atoms with van der Waals surface area (Å²) in [5.74, 6) is -0.000820. The van der Waals surface area contributed by atoms with Gasteiger partial charge in [0.2, 0.25) is 5.91 Å². The predicted octanol–water partition coefficient (Wildman–Crippen LogP) is 4.50. The molecular formula is C22H23ClN2O. The molecule has 0 radical (unpaired) electrons. The van der Waals surface area contributed by atoms with Gasteiger partial charge in [0.15, 0.2) is 0 Å². The van der Waals surface area contributed by atoms with Crippen LogP contribution in [0.1, 0.15) is 24.1 Å². The third-order valence-electron chi connectivity index (χ3n) is 4.48. The van der Waals surface area contributed by atoms with Crippen LogP contribution in [0.3, 0.4) is 0 Å². The third kappa shape index (κ3) is 4.84. The van der Waals surface area contributed by atoms with Gasteiger partial charge in [-0.15, -0.1) is 0 Å². The number of hydrogen-bond acceptors (Lipinski definition) is 2. The number of rotatable bonds is 7. The number of nitrogens with one attached hydrogen (secondary N) is 2. The summed E-state index contributed by atoms with van der Waals surface area (Å²) in [5.41, 5.74) is 2.32. The van der Waals surface area contributed by atoms with Gasteiger partial charge in [-0.3, -0.25) is 4.79 Å². The molecule has 0 saturated heterocycles. The Morgan fingerprint density at radius 3 is 2.65 bits per heavy atom. The van der Waals surface area contributed by atoms with Gasteiger partial charge >= 0.3 is 0 Å². The van der Waals surface area contributed by atoms with Crippen molar-refractivity contribution in [2.75, 3.05) is 13.1 Å². The summed E-state index contributed by atoms with van der Waals surface area (Å²) in [5, 5.41) is 9.42. The van der Waals surface area contributed by atoms with Gasteiger partial charge in [0.1, 0.15) is 0 Å². The van der Waals surface area contributed by atoms with E-state index in [0.29, 0.717) is 13.1 Å². The Morgan fingerprint density at radius 1 is 1.04 bits per heavy atom. The first-order chi connectivity index (χ1) is 12.6. The molecule has 26 heavy (non-hydrogen) atoms. The zero-order valence-electron chi connectivity index (χ0n) is 14.8. The number of amides is 1. The number of fused-ring (bicyclic) bond motifs is 1. The number of halogens is 1. The molecule has 3 nitrogen and oxygen atoms in total. The Balaban J connectivity index is 1.49. The van der Waals surface area contributed by atoms with Crippen molar-refractivity contribution in [3.05, 3.63) is 82.9 Å². The quantitative estimate of drug-likeness (QED) is 0.646. The highest BCUT2D eigenvalue weighted by Gasteiger charge is 2.10. The molecule has 0 unspecified atom stereocenters. The van der Waals surface area contributed by atoms with Crippen LogP contribution in [0.15, 0.2) is 66.7 Å². The largest absolute Gasteiger partial charge is 0.355 e. The minimum Gasteiger partial charge on any atom is -0.355 e. The molecule has 0 aliphatic rings. The van der Waals surface area contributed by atoms with E-state index < -0.39 is 0 Å². The van der Waals surface area contributed by atoms with Crippen LogP contribution >= 0.6 is 11.6 Å². The Bertz CT molecular complexity index is 889. The molecule has 0 aliphatic heterocycles. The molecule has 0 fully saturated rings. The van der Waals surface area contributed by atoms with Crippen molar-refractivity contribution >= 4 is 28.3 Å². The highest BCUT2D eigenvalue weighted by molar-refractivity contribution is 6.30. The minimum absolute atomic E-state index is 0.000820. The first-order valence-corrected chi connectivity index (χ1v) is 9.23. The molecule has 3 aromatic rings. The average molecular weight is 367 g/mol. The molecule has 1 amide bonds. The smallest absolute Gasteiger partial charge is 0.233 e. The summed E-state index contributed by atoms with van der Waals surface area (Å²) in [6.45, 7) is 2.98. The molecule has 0 spiro atoms. The highest BCUT2D eigenvalue weighted by atomic mass is 35.5. The van der Waals surface area contributed by atoms with Crippen molar-refractivity contribution in [2.24, 2.45) is 0 Å². The Morgan fingerprint density at radius 2 is 1.81 bits per heavy atom. The van der Waals surface area contributed by atoms with Gasteiger partial charge in [-0.2, -0.15) is 0 Å². The number of hydrogen-bond donors (Lipinski definition) is 2. The van der Waals surface area contributed by atoms with Crippen LogP contribution < -0.4 is 10.6 Å². The zero-order valence-corrected chi connectivity index (χ0v) is 15.6. The third-order valence-corrected chi connectivity index (χ3v) is 4.72. The molecule has 4 heteroatoms. The molecule has 1 atom stereocenters. The summed E-state index contributed by atoms with van der Waals surface area (Å²) in [7, 11) is 0. The van der Waals surface area contributed by atoms with Crippen molar-refractivity contribution in [1.29, 1.82) is 0 Å². The Hall–Kier alpha value is -2.36. The van der Waals surface area contributed by atoms with E-state index in [0.717, 1.165) is 17.0 Å². The van der Waals surface area contributed by atoms with Gasteiger partial charge in [0.05, 0.1) is 6.54 Å². The van der Waals surface area contributed by atoms with Crippen LogP contribution in [0.25, 0.3) is 10.8 Å². The molecule has 3 rings (SSSR count). The Labute approximate surface area is 159 Å². The standard InChI is InChI=1S/C22H23ClN2O/c1-16(20-11-5-8-18-7-2-3-10-21(18)20)25-15-22(26)24-13-12-17-6-4-9-19(23)14-17/h2-11,14,16,25H,12-13,15H2,1H3,(H,24,26)/t16-/m1/s1. The minimum atomic E-state index is -0.000820. The van der Waals surface area contributed by atoms with Crippen LogP contribution in [0.4, 0.5) is 0 Å². The second-order valence-electron chi connectivity index (χ2n) is 6.40. The van der Waals surface area contributed by atoms with E-state index in [1.807, 2.05) is 36.4 Å². The van der Waals surface area contributed by atoms with E-state index in [-0.39, 0.29) is 11.9 Å². The highest BCUT2D eigenvalue weighted by Crippen LogP contribution is 2.23. The van der Waals surface area contributed by atoms with Gasteiger partial charge in [-0.25, -0.2) is 0 Å². The Kier molecular flexibility index (Phi) is 6.26. The predicted molar refractivity (Wildman–Crippen MR) is 109 cm³/mol. The van der Waals surface area contributed by atoms with Crippen molar-refractivity contribution < 1.29 is 4.79 Å². The first kappa shape index (κ1) is 18.4. The van der Waals surface area contributed by atoms with Crippen LogP contribution in [0.2, 0.25) is 5.02 Å². The lowest BCUT2D eigenvalue weighted by Gasteiger charge is -2.16. The normalized spacial score (nSPS) is 12.1. The molecule has 0 aliphatic carbocycles. The lowest BCUT2D eigenvalue weighted by Crippen LogP contribution is -2.36. The van der Waals surface area contributed by atoms with Gasteiger partial charge in [-0.05, 0) is 47.4 Å². The monoisotopic (exact) mass is 366 g/mol. The summed E-state index contributed by atoms with van der Waals surface area (Å²) < 4.78 is 0. The van der Waals surface area contributed by atoms with E-state index in [2.05, 4.69) is 47.9 Å². The molecule has 0 aromatic heterocycles. The fraction of sp³-hybridized carbons (Fsp3) is 0.227. The molecule has 134 valence electrons. The lowest BCUT2D eigenvalue weighted by atomic mass is 10.00. The topological polar surface area (TPSA) is 41.1 Å². The van der Waals surface area contributed by atoms with Crippen molar-refractivity contribution in [2.45, 2.75) is 19.4 Å². The zero-order chi connectivity index (χ0) is 18.4. The van der Waals surface area contributed by atoms with Gasteiger partial charge < -0.3 is 10.6 Å². The van der Waals surface area contributed by atoms with E-state index in [1.54, 1.807) is 0 Å². The van der Waals surface area contributed by atoms with E-state index in [4.69, 9.17) is 11.6 Å². The van der Waals surface area contributed by atoms with Gasteiger partial charge in [0.25, 0.3) is 0 Å².